The summed E-state index contributed by atoms with van der Waals surface area (Å²) < 4.78 is 35.9. The monoisotopic (exact) mass is 526 g/mol. The highest BCUT2D eigenvalue weighted by Gasteiger charge is 2.30. The molecule has 1 aromatic carbocycles. The molecular weight excluding hydrogens is 490 g/mol. The van der Waals surface area contributed by atoms with Crippen LogP contribution in [0, 0.1) is 11.6 Å². The fraction of sp³-hybridized carbons (Fsp3) is 0.429. The first kappa shape index (κ1) is 27.4. The Morgan fingerprint density at radius 2 is 1.97 bits per heavy atom. The Hall–Kier alpha value is -3.66. The van der Waals surface area contributed by atoms with Crippen molar-refractivity contribution >= 4 is 23.5 Å². The first-order valence-corrected chi connectivity index (χ1v) is 13.1. The number of aliphatic imine (C=N–C) groups is 1. The molecule has 1 unspecified atom stereocenters. The third kappa shape index (κ3) is 6.42. The van der Waals surface area contributed by atoms with E-state index in [0.717, 1.165) is 18.5 Å². The second-order valence-electron chi connectivity index (χ2n) is 9.42. The van der Waals surface area contributed by atoms with Gasteiger partial charge < -0.3 is 29.7 Å². The van der Waals surface area contributed by atoms with E-state index in [4.69, 9.17) is 4.74 Å². The molecule has 1 aromatic rings. The van der Waals surface area contributed by atoms with Gasteiger partial charge in [0.05, 0.1) is 18.5 Å². The lowest BCUT2D eigenvalue weighted by Crippen LogP contribution is -2.49. The van der Waals surface area contributed by atoms with E-state index < -0.39 is 11.6 Å². The minimum absolute atomic E-state index is 0.0189. The van der Waals surface area contributed by atoms with E-state index in [2.05, 4.69) is 29.9 Å². The molecule has 0 radical (unpaired) electrons. The topological polar surface area (TPSA) is 63.7 Å². The maximum atomic E-state index is 15.1. The van der Waals surface area contributed by atoms with E-state index in [9.17, 15) is 4.79 Å². The molecule has 3 aliphatic rings. The summed E-state index contributed by atoms with van der Waals surface area (Å²) in [7, 11) is 1.82. The van der Waals surface area contributed by atoms with Gasteiger partial charge in [0.1, 0.15) is 11.8 Å². The molecule has 0 aliphatic carbocycles. The molecule has 10 heteroatoms. The molecule has 1 N–H and O–H groups in total. The molecule has 4 rings (SSSR count). The van der Waals surface area contributed by atoms with Gasteiger partial charge in [-0.15, -0.1) is 0 Å². The van der Waals surface area contributed by atoms with Gasteiger partial charge in [-0.3, -0.25) is 9.79 Å². The second-order valence-corrected chi connectivity index (χ2v) is 9.42. The van der Waals surface area contributed by atoms with Crippen LogP contribution >= 0.6 is 0 Å². The first-order chi connectivity index (χ1) is 18.4. The van der Waals surface area contributed by atoms with Gasteiger partial charge in [0.25, 0.3) is 0 Å². The zero-order valence-electron chi connectivity index (χ0n) is 22.1. The molecule has 8 nitrogen and oxygen atoms in total. The van der Waals surface area contributed by atoms with E-state index >= 15 is 8.78 Å². The normalized spacial score (nSPS) is 20.8. The van der Waals surface area contributed by atoms with E-state index in [1.54, 1.807) is 27.1 Å². The van der Waals surface area contributed by atoms with Crippen LogP contribution in [-0.2, 0) is 9.53 Å². The number of benzene rings is 1. The summed E-state index contributed by atoms with van der Waals surface area (Å²) in [5, 5.41) is 3.03. The lowest BCUT2D eigenvalue weighted by atomic mass is 10.2. The fourth-order valence-electron chi connectivity index (χ4n) is 4.74. The smallest absolute Gasteiger partial charge is 0.226 e. The molecule has 204 valence electrons. The Morgan fingerprint density at radius 1 is 1.24 bits per heavy atom. The third-order valence-electron chi connectivity index (χ3n) is 6.70. The van der Waals surface area contributed by atoms with Crippen molar-refractivity contribution in [2.75, 3.05) is 56.1 Å². The number of amides is 1. The first-order valence-electron chi connectivity index (χ1n) is 13.1. The number of rotatable bonds is 9. The quantitative estimate of drug-likeness (QED) is 0.526. The van der Waals surface area contributed by atoms with Crippen LogP contribution in [0.5, 0.6) is 0 Å². The summed E-state index contributed by atoms with van der Waals surface area (Å²) in [6.45, 7) is 8.55. The summed E-state index contributed by atoms with van der Waals surface area (Å²) in [5.41, 5.74) is 1.28. The largest absolute Gasteiger partial charge is 0.473 e. The average molecular weight is 527 g/mol. The van der Waals surface area contributed by atoms with E-state index in [0.29, 0.717) is 50.8 Å². The standard InChI is InChI=1S/C28H36F2N6O2/c1-4-5-7-22-18-32-9-11-33(22)10-6-8-27(37)34-12-14-35(15-13-34)28-25(29)16-23(17-26(28)30)36-20-24(19-31-3)38-21(36)2/h6-7,9-11,16-18,24,31H,2,4-5,8,12-15,19-20H2,1,3H3/b10-6+,22-7+. The summed E-state index contributed by atoms with van der Waals surface area (Å²) in [6, 6.07) is 2.64. The van der Waals surface area contributed by atoms with Gasteiger partial charge in [0, 0.05) is 63.4 Å². The molecule has 3 heterocycles. The van der Waals surface area contributed by atoms with Crippen molar-refractivity contribution in [1.82, 2.24) is 15.1 Å². The van der Waals surface area contributed by atoms with Crippen LogP contribution in [0.15, 0.2) is 66.0 Å². The van der Waals surface area contributed by atoms with Crippen LogP contribution in [0.2, 0.25) is 0 Å². The summed E-state index contributed by atoms with van der Waals surface area (Å²) in [5.74, 6) is -0.930. The molecule has 0 aromatic heterocycles. The number of allylic oxidation sites excluding steroid dienone is 2. The molecule has 0 spiro atoms. The third-order valence-corrected chi connectivity index (χ3v) is 6.70. The number of carbonyl (C=O) groups is 1. The van der Waals surface area contributed by atoms with Crippen molar-refractivity contribution in [3.8, 4) is 0 Å². The fourth-order valence-corrected chi connectivity index (χ4v) is 4.74. The van der Waals surface area contributed by atoms with Crippen molar-refractivity contribution in [2.45, 2.75) is 32.3 Å². The molecule has 3 aliphatic heterocycles. The van der Waals surface area contributed by atoms with Gasteiger partial charge in [-0.2, -0.15) is 0 Å². The highest BCUT2D eigenvalue weighted by atomic mass is 19.1. The SMILES string of the molecule is C=C1OC(CNC)CN1c1cc(F)c(N2CCN(C(=O)C/C=C/N3C=CN=C/C3=C\CCC)CC2)c(F)c1. The minimum atomic E-state index is -0.641. The van der Waals surface area contributed by atoms with E-state index in [-0.39, 0.29) is 24.1 Å². The molecule has 38 heavy (non-hydrogen) atoms. The van der Waals surface area contributed by atoms with Gasteiger partial charge in [-0.25, -0.2) is 8.78 Å². The van der Waals surface area contributed by atoms with Crippen molar-refractivity contribution in [2.24, 2.45) is 4.99 Å². The van der Waals surface area contributed by atoms with Gasteiger partial charge in [-0.05, 0) is 32.2 Å². The summed E-state index contributed by atoms with van der Waals surface area (Å²) >= 11 is 0. The highest BCUT2D eigenvalue weighted by molar-refractivity contribution is 5.80. The lowest BCUT2D eigenvalue weighted by molar-refractivity contribution is -0.130. The molecule has 2 fully saturated rings. The number of ether oxygens (including phenoxy) is 1. The van der Waals surface area contributed by atoms with Gasteiger partial charge in [-0.1, -0.05) is 25.5 Å². The maximum absolute atomic E-state index is 15.1. The van der Waals surface area contributed by atoms with Crippen molar-refractivity contribution in [3.05, 3.63) is 72.7 Å². The van der Waals surface area contributed by atoms with Crippen LogP contribution in [0.1, 0.15) is 26.2 Å². The molecule has 1 amide bonds. The lowest BCUT2D eigenvalue weighted by Gasteiger charge is -2.36. The van der Waals surface area contributed by atoms with Crippen molar-refractivity contribution in [3.63, 3.8) is 0 Å². The van der Waals surface area contributed by atoms with Crippen LogP contribution in [0.25, 0.3) is 0 Å². The molecule has 0 saturated carbocycles. The Bertz CT molecular complexity index is 1120. The Labute approximate surface area is 223 Å². The number of likely N-dealkylation sites (N-methyl/N-ethyl adjacent to an activating group) is 1. The number of halogens is 2. The predicted octanol–water partition coefficient (Wildman–Crippen LogP) is 3.95. The molecular formula is C28H36F2N6O2. The number of piperazine rings is 1. The number of hydrogen-bond acceptors (Lipinski definition) is 7. The molecule has 2 saturated heterocycles. The van der Waals surface area contributed by atoms with Gasteiger partial charge in [0.2, 0.25) is 5.91 Å². The van der Waals surface area contributed by atoms with Crippen LogP contribution < -0.4 is 15.1 Å². The van der Waals surface area contributed by atoms with Gasteiger partial charge >= 0.3 is 0 Å². The number of nitrogens with zero attached hydrogens (tertiary/aromatic N) is 5. The minimum Gasteiger partial charge on any atom is -0.473 e. The molecule has 0 bridgehead atoms. The Kier molecular flexibility index (Phi) is 9.17. The average Bonchev–Trinajstić information content (AvgIpc) is 3.28. The van der Waals surface area contributed by atoms with Crippen LogP contribution in [-0.4, -0.2) is 74.3 Å². The van der Waals surface area contributed by atoms with Gasteiger partial charge in [0.15, 0.2) is 17.5 Å². The Morgan fingerprint density at radius 3 is 2.66 bits per heavy atom. The number of carbonyl (C=O) groups excluding carboxylic acids is 1. The van der Waals surface area contributed by atoms with E-state index in [1.807, 2.05) is 30.4 Å². The zero-order valence-corrected chi connectivity index (χ0v) is 22.1. The number of anilines is 2. The number of nitrogens with one attached hydrogen (secondary N) is 1. The molecule has 1 atom stereocenters. The van der Waals surface area contributed by atoms with Crippen molar-refractivity contribution < 1.29 is 18.3 Å². The summed E-state index contributed by atoms with van der Waals surface area (Å²) in [4.78, 5) is 23.9. The highest BCUT2D eigenvalue weighted by Crippen LogP contribution is 2.33. The predicted molar refractivity (Wildman–Crippen MR) is 147 cm³/mol. The maximum Gasteiger partial charge on any atom is 0.226 e. The van der Waals surface area contributed by atoms with Crippen molar-refractivity contribution in [1.29, 1.82) is 0 Å². The van der Waals surface area contributed by atoms with Crippen LogP contribution in [0.4, 0.5) is 20.2 Å². The van der Waals surface area contributed by atoms with E-state index in [1.165, 1.54) is 12.1 Å². The number of unbranched alkanes of at least 4 members (excludes halogenated alkanes) is 1. The number of hydrogen-bond donors (Lipinski definition) is 1. The van der Waals surface area contributed by atoms with Crippen LogP contribution in [0.3, 0.4) is 0 Å². The summed E-state index contributed by atoms with van der Waals surface area (Å²) in [6.07, 6.45) is 13.3. The second kappa shape index (κ2) is 12.7. The Balaban J connectivity index is 1.32. The zero-order chi connectivity index (χ0) is 27.1.